The maximum absolute atomic E-state index is 13.2. The molecule has 0 aromatic heterocycles. The monoisotopic (exact) mass is 436 g/mol. The maximum Gasteiger partial charge on any atom is 0.193 e. The van der Waals surface area contributed by atoms with Gasteiger partial charge in [-0.2, -0.15) is 0 Å². The molecule has 2 aliphatic rings. The summed E-state index contributed by atoms with van der Waals surface area (Å²) in [6, 6.07) is 26.0. The molecular formula is C31H32O2. The lowest BCUT2D eigenvalue weighted by molar-refractivity contribution is -0.131. The maximum atomic E-state index is 13.2. The minimum atomic E-state index is -0.154. The molecular weight excluding hydrogens is 404 g/mol. The van der Waals surface area contributed by atoms with Crippen LogP contribution in [0.3, 0.4) is 0 Å². The summed E-state index contributed by atoms with van der Waals surface area (Å²) in [6.45, 7) is 6.79. The van der Waals surface area contributed by atoms with E-state index < -0.39 is 0 Å². The van der Waals surface area contributed by atoms with Crippen LogP contribution in [-0.4, -0.2) is 11.6 Å². The second-order valence-electron chi connectivity index (χ2n) is 10.8. The number of carbonyl (C=O) groups is 2. The van der Waals surface area contributed by atoms with Crippen molar-refractivity contribution in [2.75, 3.05) is 0 Å². The van der Waals surface area contributed by atoms with Crippen LogP contribution in [0.15, 0.2) is 78.9 Å². The molecule has 3 aromatic rings. The zero-order valence-electron chi connectivity index (χ0n) is 19.8. The average Bonchev–Trinajstić information content (AvgIpc) is 3.13. The fraction of sp³-hybridized carbons (Fsp3) is 0.355. The number of carbonyl (C=O) groups excluding carboxylic acids is 2. The summed E-state index contributed by atoms with van der Waals surface area (Å²) < 4.78 is 0. The fourth-order valence-corrected chi connectivity index (χ4v) is 6.39. The van der Waals surface area contributed by atoms with Crippen LogP contribution >= 0.6 is 0 Å². The standard InChI is InChI=1S/C31H32O2/c1-30(2)27-16-17-31(30,3)29(33)26(27)20-23-9-7-8-22(19-23)18-21-12-14-25(15-13-21)28(32)24-10-5-4-6-11-24/h4-15,19,26-27H,16-18,20H2,1-3H3. The summed E-state index contributed by atoms with van der Waals surface area (Å²) in [5, 5.41) is 0. The van der Waals surface area contributed by atoms with Crippen LogP contribution in [0.2, 0.25) is 0 Å². The Balaban J connectivity index is 1.29. The summed E-state index contributed by atoms with van der Waals surface area (Å²) in [4.78, 5) is 25.9. The van der Waals surface area contributed by atoms with Gasteiger partial charge in [-0.15, -0.1) is 0 Å². The molecule has 5 rings (SSSR count). The van der Waals surface area contributed by atoms with Gasteiger partial charge in [0.2, 0.25) is 0 Å². The first-order valence-electron chi connectivity index (χ1n) is 12.1. The first kappa shape index (κ1) is 21.8. The van der Waals surface area contributed by atoms with Crippen molar-refractivity contribution >= 4 is 11.6 Å². The van der Waals surface area contributed by atoms with Crippen molar-refractivity contribution in [1.29, 1.82) is 0 Å². The lowest BCUT2D eigenvalue weighted by Gasteiger charge is -2.32. The number of fused-ring (bicyclic) bond motifs is 2. The van der Waals surface area contributed by atoms with E-state index >= 15 is 0 Å². The number of hydrogen-bond donors (Lipinski definition) is 0. The quantitative estimate of drug-likeness (QED) is 0.403. The zero-order chi connectivity index (χ0) is 23.2. The third-order valence-electron chi connectivity index (χ3n) is 8.78. The fourth-order valence-electron chi connectivity index (χ4n) is 6.39. The van der Waals surface area contributed by atoms with E-state index in [1.807, 2.05) is 54.6 Å². The predicted octanol–water partition coefficient (Wildman–Crippen LogP) is 6.69. The Kier molecular flexibility index (Phi) is 5.35. The number of ketones is 2. The van der Waals surface area contributed by atoms with Crippen LogP contribution in [0.4, 0.5) is 0 Å². The van der Waals surface area contributed by atoms with Crippen LogP contribution < -0.4 is 0 Å². The molecule has 0 saturated heterocycles. The topological polar surface area (TPSA) is 34.1 Å². The molecule has 2 aliphatic carbocycles. The van der Waals surface area contributed by atoms with E-state index in [0.29, 0.717) is 22.8 Å². The predicted molar refractivity (Wildman–Crippen MR) is 132 cm³/mol. The van der Waals surface area contributed by atoms with Crippen molar-refractivity contribution in [2.45, 2.75) is 46.5 Å². The smallest absolute Gasteiger partial charge is 0.193 e. The molecule has 2 saturated carbocycles. The highest BCUT2D eigenvalue weighted by Crippen LogP contribution is 2.66. The van der Waals surface area contributed by atoms with Gasteiger partial charge in [-0.25, -0.2) is 0 Å². The zero-order valence-corrected chi connectivity index (χ0v) is 19.8. The molecule has 2 fully saturated rings. The van der Waals surface area contributed by atoms with Crippen molar-refractivity contribution < 1.29 is 9.59 Å². The Morgan fingerprint density at radius 3 is 2.15 bits per heavy atom. The van der Waals surface area contributed by atoms with Crippen LogP contribution in [0, 0.1) is 22.7 Å². The van der Waals surface area contributed by atoms with E-state index in [1.165, 1.54) is 23.1 Å². The third kappa shape index (κ3) is 3.66. The molecule has 3 atom stereocenters. The Hall–Kier alpha value is -3.00. The van der Waals surface area contributed by atoms with Crippen LogP contribution in [0.25, 0.3) is 0 Å². The van der Waals surface area contributed by atoms with Crippen molar-refractivity contribution in [3.63, 3.8) is 0 Å². The van der Waals surface area contributed by atoms with Crippen LogP contribution in [0.5, 0.6) is 0 Å². The molecule has 3 aromatic carbocycles. The van der Waals surface area contributed by atoms with Gasteiger partial charge in [-0.3, -0.25) is 9.59 Å². The van der Waals surface area contributed by atoms with E-state index in [1.54, 1.807) is 0 Å². The first-order valence-corrected chi connectivity index (χ1v) is 12.1. The highest BCUT2D eigenvalue weighted by atomic mass is 16.1. The average molecular weight is 437 g/mol. The number of hydrogen-bond acceptors (Lipinski definition) is 2. The van der Waals surface area contributed by atoms with E-state index in [2.05, 4.69) is 45.0 Å². The Morgan fingerprint density at radius 2 is 1.48 bits per heavy atom. The molecule has 2 nitrogen and oxygen atoms in total. The largest absolute Gasteiger partial charge is 0.299 e. The Morgan fingerprint density at radius 1 is 0.818 bits per heavy atom. The van der Waals surface area contributed by atoms with Gasteiger partial charge in [0, 0.05) is 22.5 Å². The van der Waals surface area contributed by atoms with Gasteiger partial charge < -0.3 is 0 Å². The van der Waals surface area contributed by atoms with Crippen molar-refractivity contribution in [3.8, 4) is 0 Å². The van der Waals surface area contributed by atoms with E-state index in [-0.39, 0.29) is 22.5 Å². The molecule has 2 heteroatoms. The van der Waals surface area contributed by atoms with Crippen LogP contribution in [0.1, 0.15) is 66.2 Å². The highest BCUT2D eigenvalue weighted by Gasteiger charge is 2.65. The van der Waals surface area contributed by atoms with Crippen LogP contribution in [-0.2, 0) is 17.6 Å². The first-order chi connectivity index (χ1) is 15.8. The van der Waals surface area contributed by atoms with Crippen molar-refractivity contribution in [3.05, 3.63) is 107 Å². The van der Waals surface area contributed by atoms with Crippen molar-refractivity contribution in [2.24, 2.45) is 22.7 Å². The van der Waals surface area contributed by atoms with Gasteiger partial charge >= 0.3 is 0 Å². The molecule has 0 heterocycles. The lowest BCUT2D eigenvalue weighted by Crippen LogP contribution is -2.33. The SMILES string of the molecule is CC12CCC(C(Cc3cccc(Cc4ccc(C(=O)c5ccccc5)cc4)c3)C1=O)C2(C)C. The Labute approximate surface area is 197 Å². The van der Waals surface area contributed by atoms with Gasteiger partial charge in [0.15, 0.2) is 5.78 Å². The molecule has 0 amide bonds. The normalized spacial score (nSPS) is 25.4. The number of benzene rings is 3. The summed E-state index contributed by atoms with van der Waals surface area (Å²) in [7, 11) is 0. The number of Topliss-reactive ketones (excluding diaryl/α,β-unsaturated/α-hetero) is 1. The molecule has 2 bridgehead atoms. The summed E-state index contributed by atoms with van der Waals surface area (Å²) >= 11 is 0. The highest BCUT2D eigenvalue weighted by molar-refractivity contribution is 6.08. The van der Waals surface area contributed by atoms with E-state index in [9.17, 15) is 9.59 Å². The molecule has 33 heavy (non-hydrogen) atoms. The van der Waals surface area contributed by atoms with Gasteiger partial charge in [0.1, 0.15) is 5.78 Å². The van der Waals surface area contributed by atoms with Gasteiger partial charge in [-0.1, -0.05) is 99.6 Å². The second-order valence-corrected chi connectivity index (χ2v) is 10.8. The lowest BCUT2D eigenvalue weighted by atomic mass is 9.70. The third-order valence-corrected chi connectivity index (χ3v) is 8.78. The van der Waals surface area contributed by atoms with Gasteiger partial charge in [0.25, 0.3) is 0 Å². The van der Waals surface area contributed by atoms with Gasteiger partial charge in [-0.05, 0) is 53.7 Å². The minimum absolute atomic E-state index is 0.0521. The molecule has 0 N–H and O–H groups in total. The summed E-state index contributed by atoms with van der Waals surface area (Å²) in [5.41, 5.74) is 5.06. The number of rotatable bonds is 6. The Bertz CT molecular complexity index is 1190. The molecule has 0 aliphatic heterocycles. The molecule has 168 valence electrons. The van der Waals surface area contributed by atoms with E-state index in [4.69, 9.17) is 0 Å². The minimum Gasteiger partial charge on any atom is -0.299 e. The van der Waals surface area contributed by atoms with Crippen molar-refractivity contribution in [1.82, 2.24) is 0 Å². The molecule has 3 unspecified atom stereocenters. The summed E-state index contributed by atoms with van der Waals surface area (Å²) in [5.74, 6) is 1.18. The molecule has 0 radical (unpaired) electrons. The summed E-state index contributed by atoms with van der Waals surface area (Å²) in [6.07, 6.45) is 3.89. The van der Waals surface area contributed by atoms with E-state index in [0.717, 1.165) is 19.3 Å². The molecule has 0 spiro atoms. The van der Waals surface area contributed by atoms with Gasteiger partial charge in [0.05, 0.1) is 0 Å². The second kappa shape index (κ2) is 8.09.